The number of carbonyl (C=O) groups excluding carboxylic acids is 3. The number of hydrazine groups is 1. The van der Waals surface area contributed by atoms with Crippen LogP contribution in [0.2, 0.25) is 0 Å². The molecule has 0 amide bonds. The molecule has 0 spiro atoms. The topological polar surface area (TPSA) is 159 Å². The maximum atomic E-state index is 13.4. The summed E-state index contributed by atoms with van der Waals surface area (Å²) in [6, 6.07) is 8.09. The molecule has 0 unspecified atom stereocenters. The van der Waals surface area contributed by atoms with Gasteiger partial charge < -0.3 is 9.84 Å². The number of nitrogens with zero attached hydrogens (tertiary/aromatic N) is 1. The van der Waals surface area contributed by atoms with Gasteiger partial charge in [-0.05, 0) is 49.9 Å². The molecule has 0 aliphatic heterocycles. The minimum Gasteiger partial charge on any atom is -0.868 e. The molecule has 0 aliphatic rings. The summed E-state index contributed by atoms with van der Waals surface area (Å²) in [6.45, 7) is 4.18. The van der Waals surface area contributed by atoms with Crippen molar-refractivity contribution in [3.05, 3.63) is 105 Å². The van der Waals surface area contributed by atoms with Crippen LogP contribution in [0.25, 0.3) is 0 Å². The summed E-state index contributed by atoms with van der Waals surface area (Å²) < 4.78 is 56.9. The predicted octanol–water partition coefficient (Wildman–Crippen LogP) is -0.980. The minimum absolute atomic E-state index is 0. The van der Waals surface area contributed by atoms with Crippen LogP contribution in [0.1, 0.15) is 42.4 Å². The van der Waals surface area contributed by atoms with Crippen molar-refractivity contribution < 1.29 is 71.3 Å². The van der Waals surface area contributed by atoms with Crippen LogP contribution in [0, 0.1) is 23.3 Å². The van der Waals surface area contributed by atoms with Crippen molar-refractivity contribution in [3.8, 4) is 0 Å². The molecule has 0 radical (unpaired) electrons. The number of Topliss-reactive ketones (excluding diaryl/α,β-unsaturated/α-hetero) is 1. The first-order valence-corrected chi connectivity index (χ1v) is 11.5. The van der Waals surface area contributed by atoms with Crippen molar-refractivity contribution >= 4 is 17.5 Å². The zero-order valence-electron chi connectivity index (χ0n) is 22.7. The van der Waals surface area contributed by atoms with E-state index >= 15 is 0 Å². The molecule has 3 rings (SSSR count). The Bertz CT molecular complexity index is 1430. The summed E-state index contributed by atoms with van der Waals surface area (Å²) >= 11 is 0. The molecule has 1 aromatic heterocycles. The second-order valence-corrected chi connectivity index (χ2v) is 7.82. The van der Waals surface area contributed by atoms with Gasteiger partial charge in [0.1, 0.15) is 17.3 Å². The van der Waals surface area contributed by atoms with Crippen LogP contribution < -0.4 is 51.5 Å². The Morgan fingerprint density at radius 1 is 1.05 bits per heavy atom. The summed E-state index contributed by atoms with van der Waals surface area (Å²) in [7, 11) is 0. The Labute approximate surface area is 254 Å². The predicted molar refractivity (Wildman–Crippen MR) is 133 cm³/mol. The molecule has 216 valence electrons. The van der Waals surface area contributed by atoms with Crippen molar-refractivity contribution in [2.24, 2.45) is 5.84 Å². The van der Waals surface area contributed by atoms with E-state index in [-0.39, 0.29) is 71.9 Å². The van der Waals surface area contributed by atoms with E-state index in [2.05, 4.69) is 15.3 Å². The SMILES string of the molecule is CC(=O)c1cc(=O)n(Cc2cccc(F)c2F)[nH]1.CCOC(=O)/C([O-])=C/C(C)=O.NNCc1cc(F)ccc1F.[Na+]. The van der Waals surface area contributed by atoms with Crippen LogP contribution in [-0.4, -0.2) is 33.9 Å². The van der Waals surface area contributed by atoms with E-state index in [9.17, 15) is 41.8 Å². The Hall–Kier alpha value is -3.56. The number of carbonyl (C=O) groups is 3. The number of nitrogens with two attached hydrogens (primary N) is 1. The molecule has 3 aromatic rings. The van der Waals surface area contributed by atoms with E-state index in [0.717, 1.165) is 35.0 Å². The number of halogens is 4. The normalized spacial score (nSPS) is 10.3. The summed E-state index contributed by atoms with van der Waals surface area (Å²) in [4.78, 5) is 43.4. The third-order valence-electron chi connectivity index (χ3n) is 4.64. The van der Waals surface area contributed by atoms with Gasteiger partial charge in [-0.3, -0.25) is 30.8 Å². The minimum atomic E-state index is -0.997. The number of nitrogens with one attached hydrogen (secondary N) is 2. The molecule has 0 fully saturated rings. The number of esters is 1. The number of ether oxygens (including phenoxy) is 1. The van der Waals surface area contributed by atoms with Gasteiger partial charge in [-0.25, -0.2) is 27.0 Å². The molecule has 0 bridgehead atoms. The summed E-state index contributed by atoms with van der Waals surface area (Å²) in [5, 5.41) is 13.1. The van der Waals surface area contributed by atoms with E-state index < -0.39 is 46.3 Å². The number of rotatable bonds is 8. The van der Waals surface area contributed by atoms with Crippen LogP contribution in [0.4, 0.5) is 17.6 Å². The Balaban J connectivity index is 0.000000610. The van der Waals surface area contributed by atoms with E-state index in [4.69, 9.17) is 5.84 Å². The monoisotopic (exact) mass is 590 g/mol. The molecular formula is C26H27F4N4NaO6. The molecule has 41 heavy (non-hydrogen) atoms. The number of aromatic amines is 1. The maximum Gasteiger partial charge on any atom is 1.00 e. The summed E-state index contributed by atoms with van der Waals surface area (Å²) in [5.41, 5.74) is 2.18. The van der Waals surface area contributed by atoms with Crippen molar-refractivity contribution in [2.45, 2.75) is 33.9 Å². The molecule has 0 atom stereocenters. The second kappa shape index (κ2) is 18.7. The fourth-order valence-electron chi connectivity index (χ4n) is 2.81. The number of benzene rings is 2. The van der Waals surface area contributed by atoms with Gasteiger partial charge in [-0.15, -0.1) is 0 Å². The number of H-pyrrole nitrogens is 1. The Kier molecular flexibility index (Phi) is 17.1. The van der Waals surface area contributed by atoms with Crippen molar-refractivity contribution in [1.82, 2.24) is 15.2 Å². The first-order chi connectivity index (χ1) is 18.8. The van der Waals surface area contributed by atoms with Gasteiger partial charge in [0, 0.05) is 30.7 Å². The van der Waals surface area contributed by atoms with E-state index in [1.807, 2.05) is 0 Å². The fourth-order valence-corrected chi connectivity index (χ4v) is 2.81. The zero-order chi connectivity index (χ0) is 30.4. The molecular weight excluding hydrogens is 563 g/mol. The molecule has 4 N–H and O–H groups in total. The summed E-state index contributed by atoms with van der Waals surface area (Å²) in [5.74, 6) is -0.588. The van der Waals surface area contributed by atoms with Crippen LogP contribution in [-0.2, 0) is 27.4 Å². The van der Waals surface area contributed by atoms with Gasteiger partial charge in [0.25, 0.3) is 5.56 Å². The quantitative estimate of drug-likeness (QED) is 0.0442. The van der Waals surface area contributed by atoms with Gasteiger partial charge in [0.2, 0.25) is 0 Å². The number of hydrogen-bond donors (Lipinski definition) is 3. The van der Waals surface area contributed by atoms with Crippen LogP contribution in [0.5, 0.6) is 0 Å². The van der Waals surface area contributed by atoms with Crippen LogP contribution >= 0.6 is 0 Å². The van der Waals surface area contributed by atoms with Crippen molar-refractivity contribution in [2.75, 3.05) is 6.61 Å². The molecule has 0 saturated carbocycles. The van der Waals surface area contributed by atoms with Gasteiger partial charge >= 0.3 is 35.5 Å². The molecule has 1 heterocycles. The van der Waals surface area contributed by atoms with Crippen molar-refractivity contribution in [1.29, 1.82) is 0 Å². The smallest absolute Gasteiger partial charge is 0.868 e. The van der Waals surface area contributed by atoms with Gasteiger partial charge in [0.15, 0.2) is 23.2 Å². The van der Waals surface area contributed by atoms with Gasteiger partial charge in [-0.1, -0.05) is 12.1 Å². The third kappa shape index (κ3) is 13.1. The zero-order valence-corrected chi connectivity index (χ0v) is 24.7. The van der Waals surface area contributed by atoms with Gasteiger partial charge in [-0.2, -0.15) is 0 Å². The van der Waals surface area contributed by atoms with Crippen LogP contribution in [0.15, 0.2) is 59.1 Å². The third-order valence-corrected chi connectivity index (χ3v) is 4.64. The van der Waals surface area contributed by atoms with E-state index in [1.54, 1.807) is 6.92 Å². The van der Waals surface area contributed by atoms with Crippen molar-refractivity contribution in [3.63, 3.8) is 0 Å². The Morgan fingerprint density at radius 3 is 2.24 bits per heavy atom. The van der Waals surface area contributed by atoms with E-state index in [1.165, 1.54) is 26.0 Å². The molecule has 2 aromatic carbocycles. The number of aromatic nitrogens is 2. The average Bonchev–Trinajstić information content (AvgIpc) is 3.25. The molecule has 0 saturated heterocycles. The fraction of sp³-hybridized carbons (Fsp3) is 0.231. The standard InChI is InChI=1S/C12H10F2N2O2.C7H8F2N2.C7H10O4.Na/c1-7(17)10-5-11(18)16(15-10)6-8-3-2-4-9(13)12(8)14;8-6-1-2-7(9)5(3-6)4-11-10;1-3-11-7(10)6(9)4-5(2)8;/h2-5,15H,6H2,1H3;1-3,11H,4,10H2;4,9H,3H2,1-2H3;/q;;;+1/p-1/b;;6-4-;. The van der Waals surface area contributed by atoms with Crippen LogP contribution in [0.3, 0.4) is 0 Å². The maximum absolute atomic E-state index is 13.4. The average molecular weight is 591 g/mol. The molecule has 15 heteroatoms. The van der Waals surface area contributed by atoms with Gasteiger partial charge in [0.05, 0.1) is 13.2 Å². The largest absolute Gasteiger partial charge is 1.00 e. The number of ketones is 2. The number of hydrogen-bond acceptors (Lipinski definition) is 8. The number of allylic oxidation sites excluding steroid dienone is 1. The first kappa shape index (κ1) is 37.4. The Morgan fingerprint density at radius 2 is 1.71 bits per heavy atom. The second-order valence-electron chi connectivity index (χ2n) is 7.82. The molecule has 0 aliphatic carbocycles. The summed E-state index contributed by atoms with van der Waals surface area (Å²) in [6.07, 6.45) is 0.706. The molecule has 10 nitrogen and oxygen atoms in total. The first-order valence-electron chi connectivity index (χ1n) is 11.5. The van der Waals surface area contributed by atoms with E-state index in [0.29, 0.717) is 6.08 Å².